The van der Waals surface area contributed by atoms with Gasteiger partial charge in [0.15, 0.2) is 0 Å². The molecular formula is C23H28N2O3. The highest BCUT2D eigenvalue weighted by Gasteiger charge is 2.22. The van der Waals surface area contributed by atoms with Crippen molar-refractivity contribution in [1.29, 1.82) is 0 Å². The summed E-state index contributed by atoms with van der Waals surface area (Å²) < 4.78 is 13.5. The summed E-state index contributed by atoms with van der Waals surface area (Å²) in [7, 11) is 0. The van der Waals surface area contributed by atoms with Crippen molar-refractivity contribution in [3.8, 4) is 5.75 Å². The first-order valence-electron chi connectivity index (χ1n) is 9.90. The summed E-state index contributed by atoms with van der Waals surface area (Å²) in [5, 5.41) is 0.862. The zero-order valence-electron chi connectivity index (χ0n) is 17.1. The van der Waals surface area contributed by atoms with Gasteiger partial charge >= 0.3 is 5.97 Å². The van der Waals surface area contributed by atoms with Crippen molar-refractivity contribution in [2.75, 3.05) is 6.61 Å². The van der Waals surface area contributed by atoms with Crippen LogP contribution in [0.3, 0.4) is 0 Å². The molecule has 0 aliphatic rings. The molecule has 0 saturated carbocycles. The molecule has 28 heavy (non-hydrogen) atoms. The van der Waals surface area contributed by atoms with Crippen LogP contribution in [0, 0.1) is 6.92 Å². The second-order valence-corrected chi connectivity index (χ2v) is 7.02. The number of esters is 1. The summed E-state index contributed by atoms with van der Waals surface area (Å²) in [5.74, 6) is 0.478. The number of hydrogen-bond acceptors (Lipinski definition) is 4. The van der Waals surface area contributed by atoms with Gasteiger partial charge in [0.05, 0.1) is 18.3 Å². The Hall–Kier alpha value is -2.82. The first-order valence-corrected chi connectivity index (χ1v) is 9.90. The highest BCUT2D eigenvalue weighted by atomic mass is 16.5. The Morgan fingerprint density at radius 2 is 2.07 bits per heavy atom. The summed E-state index contributed by atoms with van der Waals surface area (Å²) in [4.78, 5) is 16.9. The third-order valence-corrected chi connectivity index (χ3v) is 4.87. The molecule has 1 aromatic carbocycles. The molecule has 0 aliphatic carbocycles. The number of rotatable bonds is 8. The van der Waals surface area contributed by atoms with Crippen LogP contribution in [-0.4, -0.2) is 28.2 Å². The molecule has 0 N–H and O–H groups in total. The molecule has 0 amide bonds. The Morgan fingerprint density at radius 3 is 2.75 bits per heavy atom. The number of carbonyl (C=O) groups is 1. The average molecular weight is 380 g/mol. The summed E-state index contributed by atoms with van der Waals surface area (Å²) in [6.07, 6.45) is 5.79. The molecule has 3 rings (SSSR count). The SMILES string of the molecule is CCC[C@@H](C)Oc1ccc2c(c1)c(C(=O)OCC)c(C)n2Cc1cccnc1. The van der Waals surface area contributed by atoms with Crippen molar-refractivity contribution < 1.29 is 14.3 Å². The van der Waals surface area contributed by atoms with E-state index in [1.165, 1.54) is 0 Å². The normalized spacial score (nSPS) is 12.1. The molecule has 0 unspecified atom stereocenters. The van der Waals surface area contributed by atoms with Crippen molar-refractivity contribution in [2.45, 2.75) is 53.2 Å². The fraction of sp³-hybridized carbons (Fsp3) is 0.391. The lowest BCUT2D eigenvalue weighted by atomic mass is 10.1. The van der Waals surface area contributed by atoms with Gasteiger partial charge in [0, 0.05) is 35.5 Å². The minimum absolute atomic E-state index is 0.132. The van der Waals surface area contributed by atoms with Crippen molar-refractivity contribution in [1.82, 2.24) is 9.55 Å². The Bertz CT molecular complexity index is 947. The number of carbonyl (C=O) groups excluding carboxylic acids is 1. The summed E-state index contributed by atoms with van der Waals surface area (Å²) in [6, 6.07) is 9.91. The van der Waals surface area contributed by atoms with Crippen molar-refractivity contribution >= 4 is 16.9 Å². The molecule has 3 aromatic rings. The van der Waals surface area contributed by atoms with E-state index in [-0.39, 0.29) is 12.1 Å². The molecule has 2 aromatic heterocycles. The minimum Gasteiger partial charge on any atom is -0.491 e. The van der Waals surface area contributed by atoms with E-state index in [2.05, 4.69) is 23.4 Å². The maximum Gasteiger partial charge on any atom is 0.340 e. The molecule has 0 bridgehead atoms. The number of benzene rings is 1. The fourth-order valence-electron chi connectivity index (χ4n) is 3.57. The van der Waals surface area contributed by atoms with E-state index in [9.17, 15) is 4.79 Å². The number of hydrogen-bond donors (Lipinski definition) is 0. The first kappa shape index (κ1) is 19.9. The van der Waals surface area contributed by atoms with Gasteiger partial charge in [-0.15, -0.1) is 0 Å². The van der Waals surface area contributed by atoms with Gasteiger partial charge in [-0.05, 0) is 57.0 Å². The second-order valence-electron chi connectivity index (χ2n) is 7.02. The van der Waals surface area contributed by atoms with Crippen LogP contribution in [0.15, 0.2) is 42.7 Å². The van der Waals surface area contributed by atoms with E-state index >= 15 is 0 Å². The van der Waals surface area contributed by atoms with Crippen LogP contribution in [-0.2, 0) is 11.3 Å². The maximum atomic E-state index is 12.7. The zero-order chi connectivity index (χ0) is 20.1. The highest BCUT2D eigenvalue weighted by molar-refractivity contribution is 6.06. The van der Waals surface area contributed by atoms with Gasteiger partial charge in [-0.3, -0.25) is 4.98 Å². The summed E-state index contributed by atoms with van der Waals surface area (Å²) >= 11 is 0. The number of pyridine rings is 1. The Morgan fingerprint density at radius 1 is 1.25 bits per heavy atom. The number of aromatic nitrogens is 2. The smallest absolute Gasteiger partial charge is 0.340 e. The Balaban J connectivity index is 2.08. The number of nitrogens with zero attached hydrogens (tertiary/aromatic N) is 2. The van der Waals surface area contributed by atoms with Crippen LogP contribution in [0.4, 0.5) is 0 Å². The monoisotopic (exact) mass is 380 g/mol. The van der Waals surface area contributed by atoms with Gasteiger partial charge in [-0.25, -0.2) is 4.79 Å². The standard InChI is InChI=1S/C23H28N2O3/c1-5-8-16(3)28-19-10-11-21-20(13-19)22(23(26)27-6-2)17(4)25(21)15-18-9-7-12-24-14-18/h7,9-14,16H,5-6,8,15H2,1-4H3/t16-/m1/s1. The van der Waals surface area contributed by atoms with E-state index in [0.29, 0.717) is 18.7 Å². The van der Waals surface area contributed by atoms with E-state index in [4.69, 9.17) is 9.47 Å². The van der Waals surface area contributed by atoms with Crippen molar-refractivity contribution in [2.24, 2.45) is 0 Å². The quantitative estimate of drug-likeness (QED) is 0.508. The van der Waals surface area contributed by atoms with Gasteiger partial charge < -0.3 is 14.0 Å². The van der Waals surface area contributed by atoms with Gasteiger partial charge in [0.2, 0.25) is 0 Å². The predicted molar refractivity (Wildman–Crippen MR) is 111 cm³/mol. The molecule has 0 aliphatic heterocycles. The van der Waals surface area contributed by atoms with Crippen LogP contribution in [0.1, 0.15) is 55.2 Å². The molecule has 0 radical (unpaired) electrons. The largest absolute Gasteiger partial charge is 0.491 e. The van der Waals surface area contributed by atoms with E-state index in [0.717, 1.165) is 40.8 Å². The molecular weight excluding hydrogens is 352 g/mol. The molecule has 5 heteroatoms. The molecule has 2 heterocycles. The Kier molecular flexibility index (Phi) is 6.34. The summed E-state index contributed by atoms with van der Waals surface area (Å²) in [5.41, 5.74) is 3.56. The first-order chi connectivity index (χ1) is 13.5. The molecule has 0 fully saturated rings. The predicted octanol–water partition coefficient (Wildman–Crippen LogP) is 5.14. The number of ether oxygens (including phenoxy) is 2. The van der Waals surface area contributed by atoms with Crippen molar-refractivity contribution in [3.05, 3.63) is 59.5 Å². The molecule has 0 spiro atoms. The minimum atomic E-state index is -0.298. The van der Waals surface area contributed by atoms with Crippen LogP contribution in [0.25, 0.3) is 10.9 Å². The molecule has 0 saturated heterocycles. The van der Waals surface area contributed by atoms with Gasteiger partial charge in [0.25, 0.3) is 0 Å². The van der Waals surface area contributed by atoms with E-state index < -0.39 is 0 Å². The lowest BCUT2D eigenvalue weighted by Gasteiger charge is -2.14. The third-order valence-electron chi connectivity index (χ3n) is 4.87. The maximum absolute atomic E-state index is 12.7. The molecule has 1 atom stereocenters. The summed E-state index contributed by atoms with van der Waals surface area (Å²) in [6.45, 7) is 8.98. The molecule has 5 nitrogen and oxygen atoms in total. The van der Waals surface area contributed by atoms with Gasteiger partial charge in [-0.2, -0.15) is 0 Å². The van der Waals surface area contributed by atoms with Gasteiger partial charge in [-0.1, -0.05) is 19.4 Å². The van der Waals surface area contributed by atoms with Crippen molar-refractivity contribution in [3.63, 3.8) is 0 Å². The fourth-order valence-corrected chi connectivity index (χ4v) is 3.57. The van der Waals surface area contributed by atoms with Crippen LogP contribution >= 0.6 is 0 Å². The van der Waals surface area contributed by atoms with Crippen LogP contribution < -0.4 is 4.74 Å². The topological polar surface area (TPSA) is 53.4 Å². The lowest BCUT2D eigenvalue weighted by molar-refractivity contribution is 0.0527. The van der Waals surface area contributed by atoms with Crippen LogP contribution in [0.5, 0.6) is 5.75 Å². The molecule has 148 valence electrons. The zero-order valence-corrected chi connectivity index (χ0v) is 17.1. The van der Waals surface area contributed by atoms with E-state index in [1.54, 1.807) is 6.20 Å². The van der Waals surface area contributed by atoms with Gasteiger partial charge in [0.1, 0.15) is 5.75 Å². The van der Waals surface area contributed by atoms with Crippen LogP contribution in [0.2, 0.25) is 0 Å². The highest BCUT2D eigenvalue weighted by Crippen LogP contribution is 2.31. The lowest BCUT2D eigenvalue weighted by Crippen LogP contribution is -2.11. The third kappa shape index (κ3) is 4.19. The Labute approximate surface area is 166 Å². The van der Waals surface area contributed by atoms with E-state index in [1.807, 2.05) is 50.4 Å². The second kappa shape index (κ2) is 8.91. The average Bonchev–Trinajstić information content (AvgIpc) is 2.94. The number of fused-ring (bicyclic) bond motifs is 1.